The summed E-state index contributed by atoms with van der Waals surface area (Å²) >= 11 is 0. The molecule has 0 atom stereocenters. The van der Waals surface area contributed by atoms with E-state index in [1.807, 2.05) is 31.2 Å². The van der Waals surface area contributed by atoms with Crippen molar-refractivity contribution in [3.8, 4) is 11.5 Å². The number of nitrogens with one attached hydrogen (secondary N) is 1. The summed E-state index contributed by atoms with van der Waals surface area (Å²) in [4.78, 5) is 11.5. The van der Waals surface area contributed by atoms with E-state index in [1.165, 1.54) is 0 Å². The quantitative estimate of drug-likeness (QED) is 0.841. The number of aromatic nitrogens is 2. The van der Waals surface area contributed by atoms with Gasteiger partial charge in [0.25, 0.3) is 0 Å². The van der Waals surface area contributed by atoms with E-state index >= 15 is 0 Å². The first kappa shape index (κ1) is 18.8. The number of nitrogens with zero attached hydrogens (tertiary/aromatic N) is 3. The van der Waals surface area contributed by atoms with Gasteiger partial charge in [0.2, 0.25) is 5.95 Å². The van der Waals surface area contributed by atoms with E-state index in [4.69, 9.17) is 23.9 Å². The Hall–Kier alpha value is -2.58. The van der Waals surface area contributed by atoms with E-state index in [1.54, 1.807) is 14.2 Å². The molecule has 2 aromatic rings. The second-order valence-electron chi connectivity index (χ2n) is 6.98. The highest BCUT2D eigenvalue weighted by Crippen LogP contribution is 2.34. The number of ether oxygens (including phenoxy) is 4. The Morgan fingerprint density at radius 2 is 1.79 bits per heavy atom. The first-order valence-corrected chi connectivity index (χ1v) is 9.48. The molecule has 2 fully saturated rings. The van der Waals surface area contributed by atoms with Gasteiger partial charge in [-0.1, -0.05) is 0 Å². The van der Waals surface area contributed by atoms with Crippen LogP contribution in [0, 0.1) is 6.92 Å². The second kappa shape index (κ2) is 7.81. The molecule has 2 aliphatic rings. The summed E-state index contributed by atoms with van der Waals surface area (Å²) in [7, 11) is 3.28. The topological polar surface area (TPSA) is 78.0 Å². The van der Waals surface area contributed by atoms with E-state index in [-0.39, 0.29) is 0 Å². The van der Waals surface area contributed by atoms with Crippen LogP contribution < -0.4 is 19.7 Å². The Bertz CT molecular complexity index is 829. The molecule has 8 heteroatoms. The molecule has 0 unspecified atom stereocenters. The number of hydrogen-bond acceptors (Lipinski definition) is 8. The normalized spacial score (nSPS) is 18.3. The number of benzene rings is 1. The van der Waals surface area contributed by atoms with Crippen LogP contribution in [0.1, 0.15) is 18.5 Å². The van der Waals surface area contributed by atoms with Crippen molar-refractivity contribution in [3.63, 3.8) is 0 Å². The summed E-state index contributed by atoms with van der Waals surface area (Å²) in [6, 6.07) is 7.52. The van der Waals surface area contributed by atoms with Crippen LogP contribution in [0.2, 0.25) is 0 Å². The fourth-order valence-electron chi connectivity index (χ4n) is 3.64. The molecule has 1 aromatic heterocycles. The lowest BCUT2D eigenvalue weighted by atomic mass is 10.0. The predicted molar refractivity (Wildman–Crippen MR) is 106 cm³/mol. The van der Waals surface area contributed by atoms with E-state index < -0.39 is 5.79 Å². The zero-order valence-electron chi connectivity index (χ0n) is 16.5. The molecular weight excluding hydrogens is 360 g/mol. The van der Waals surface area contributed by atoms with Crippen LogP contribution in [-0.2, 0) is 9.47 Å². The van der Waals surface area contributed by atoms with Crippen molar-refractivity contribution in [2.24, 2.45) is 0 Å². The van der Waals surface area contributed by atoms with Crippen LogP contribution in [0.15, 0.2) is 24.3 Å². The van der Waals surface area contributed by atoms with Crippen LogP contribution >= 0.6 is 0 Å². The van der Waals surface area contributed by atoms with Crippen LogP contribution in [-0.4, -0.2) is 56.3 Å². The molecule has 2 saturated heterocycles. The zero-order chi connectivity index (χ0) is 19.6. The predicted octanol–water partition coefficient (Wildman–Crippen LogP) is 2.89. The molecular formula is C20H26N4O4. The number of piperidine rings is 1. The lowest BCUT2D eigenvalue weighted by Crippen LogP contribution is -2.45. The van der Waals surface area contributed by atoms with Gasteiger partial charge in [0, 0.05) is 43.8 Å². The van der Waals surface area contributed by atoms with Gasteiger partial charge in [-0.15, -0.1) is 0 Å². The molecule has 0 aliphatic carbocycles. The highest BCUT2D eigenvalue weighted by molar-refractivity contribution is 5.67. The number of aryl methyl sites for hydroxylation is 1. The summed E-state index contributed by atoms with van der Waals surface area (Å²) in [6.45, 7) is 4.92. The van der Waals surface area contributed by atoms with Crippen molar-refractivity contribution in [3.05, 3.63) is 30.0 Å². The zero-order valence-corrected chi connectivity index (χ0v) is 16.5. The van der Waals surface area contributed by atoms with E-state index in [0.29, 0.717) is 30.7 Å². The monoisotopic (exact) mass is 386 g/mol. The maximum atomic E-state index is 5.81. The van der Waals surface area contributed by atoms with Gasteiger partial charge in [-0.3, -0.25) is 0 Å². The highest BCUT2D eigenvalue weighted by atomic mass is 16.7. The van der Waals surface area contributed by atoms with Crippen molar-refractivity contribution in [2.75, 3.05) is 50.7 Å². The largest absolute Gasteiger partial charge is 0.497 e. The number of rotatable bonds is 5. The first-order valence-electron chi connectivity index (χ1n) is 9.48. The van der Waals surface area contributed by atoms with Gasteiger partial charge in [0.15, 0.2) is 5.79 Å². The molecule has 8 nitrogen and oxygen atoms in total. The van der Waals surface area contributed by atoms with Crippen LogP contribution in [0.25, 0.3) is 0 Å². The van der Waals surface area contributed by atoms with Gasteiger partial charge < -0.3 is 29.2 Å². The standard InChI is InChI=1S/C20H26N4O4/c1-14-12-18(22-16-13-15(25-2)4-5-17(16)26-3)23-19(21-14)24-8-6-20(7-9-24)27-10-11-28-20/h4-5,12-13H,6-11H2,1-3H3,(H,21,22,23). The van der Waals surface area contributed by atoms with Crippen molar-refractivity contribution in [1.29, 1.82) is 0 Å². The van der Waals surface area contributed by atoms with Crippen LogP contribution in [0.3, 0.4) is 0 Å². The molecule has 2 aliphatic heterocycles. The summed E-state index contributed by atoms with van der Waals surface area (Å²) in [5.41, 5.74) is 1.68. The minimum atomic E-state index is -0.407. The molecule has 1 aromatic carbocycles. The van der Waals surface area contributed by atoms with Gasteiger partial charge in [-0.25, -0.2) is 4.98 Å². The van der Waals surface area contributed by atoms with Gasteiger partial charge in [0.1, 0.15) is 17.3 Å². The number of hydrogen-bond donors (Lipinski definition) is 1. The Labute approximate surface area is 164 Å². The molecule has 4 rings (SSSR count). The molecule has 3 heterocycles. The van der Waals surface area contributed by atoms with Crippen molar-refractivity contribution >= 4 is 17.5 Å². The summed E-state index contributed by atoms with van der Waals surface area (Å²) in [5, 5.41) is 3.33. The van der Waals surface area contributed by atoms with E-state index in [9.17, 15) is 0 Å². The minimum Gasteiger partial charge on any atom is -0.497 e. The molecule has 0 amide bonds. The third-order valence-electron chi connectivity index (χ3n) is 5.13. The third kappa shape index (κ3) is 3.83. The van der Waals surface area contributed by atoms with Gasteiger partial charge in [0.05, 0.1) is 33.1 Å². The van der Waals surface area contributed by atoms with Crippen LogP contribution in [0.5, 0.6) is 11.5 Å². The Balaban J connectivity index is 1.53. The summed E-state index contributed by atoms with van der Waals surface area (Å²) in [5.74, 6) is 2.47. The Morgan fingerprint density at radius 3 is 2.46 bits per heavy atom. The smallest absolute Gasteiger partial charge is 0.227 e. The maximum absolute atomic E-state index is 5.81. The fraction of sp³-hybridized carbons (Fsp3) is 0.500. The second-order valence-corrected chi connectivity index (χ2v) is 6.98. The van der Waals surface area contributed by atoms with Gasteiger partial charge in [-0.2, -0.15) is 4.98 Å². The van der Waals surface area contributed by atoms with Gasteiger partial charge >= 0.3 is 0 Å². The molecule has 0 bridgehead atoms. The average molecular weight is 386 g/mol. The Morgan fingerprint density at radius 1 is 1.04 bits per heavy atom. The van der Waals surface area contributed by atoms with E-state index in [0.717, 1.165) is 43.1 Å². The SMILES string of the molecule is COc1ccc(OC)c(Nc2cc(C)nc(N3CCC4(CC3)OCCO4)n2)c1. The molecule has 150 valence electrons. The van der Waals surface area contributed by atoms with Crippen molar-refractivity contribution in [2.45, 2.75) is 25.6 Å². The first-order chi connectivity index (χ1) is 13.6. The molecule has 0 radical (unpaired) electrons. The third-order valence-corrected chi connectivity index (χ3v) is 5.13. The molecule has 28 heavy (non-hydrogen) atoms. The fourth-order valence-corrected chi connectivity index (χ4v) is 3.64. The number of methoxy groups -OCH3 is 2. The number of anilines is 3. The van der Waals surface area contributed by atoms with Gasteiger partial charge in [-0.05, 0) is 19.1 Å². The summed E-state index contributed by atoms with van der Waals surface area (Å²) < 4.78 is 22.4. The lowest BCUT2D eigenvalue weighted by Gasteiger charge is -2.37. The molecule has 1 N–H and O–H groups in total. The van der Waals surface area contributed by atoms with Crippen molar-refractivity contribution < 1.29 is 18.9 Å². The Kier molecular flexibility index (Phi) is 5.23. The molecule has 0 saturated carbocycles. The van der Waals surface area contributed by atoms with Crippen LogP contribution in [0.4, 0.5) is 17.5 Å². The highest BCUT2D eigenvalue weighted by Gasteiger charge is 2.40. The average Bonchev–Trinajstić information content (AvgIpc) is 3.16. The minimum absolute atomic E-state index is 0.407. The maximum Gasteiger partial charge on any atom is 0.227 e. The van der Waals surface area contributed by atoms with E-state index in [2.05, 4.69) is 15.2 Å². The lowest BCUT2D eigenvalue weighted by molar-refractivity contribution is -0.169. The molecule has 1 spiro atoms. The van der Waals surface area contributed by atoms with Crippen molar-refractivity contribution in [1.82, 2.24) is 9.97 Å². The summed E-state index contributed by atoms with van der Waals surface area (Å²) in [6.07, 6.45) is 1.63.